The van der Waals surface area contributed by atoms with E-state index in [1.54, 1.807) is 0 Å². The standard InChI is InChI=1S/C10H14N2OS/c1-2-8-10(14-12-11-8)9(13)7-5-3-4-6-7/h7H,2-6H2,1H3. The summed E-state index contributed by atoms with van der Waals surface area (Å²) in [6, 6.07) is 0. The smallest absolute Gasteiger partial charge is 0.179 e. The van der Waals surface area contributed by atoms with Gasteiger partial charge in [0, 0.05) is 5.92 Å². The molecular weight excluding hydrogens is 196 g/mol. The molecule has 0 atom stereocenters. The number of rotatable bonds is 3. The molecular formula is C10H14N2OS. The number of ketones is 1. The van der Waals surface area contributed by atoms with Gasteiger partial charge in [-0.15, -0.1) is 5.10 Å². The van der Waals surface area contributed by atoms with Crippen LogP contribution in [-0.2, 0) is 6.42 Å². The van der Waals surface area contributed by atoms with Gasteiger partial charge in [-0.25, -0.2) is 0 Å². The van der Waals surface area contributed by atoms with E-state index in [1.165, 1.54) is 24.4 Å². The number of carbonyl (C=O) groups excluding carboxylic acids is 1. The Morgan fingerprint density at radius 2 is 2.21 bits per heavy atom. The van der Waals surface area contributed by atoms with Gasteiger partial charge in [0.05, 0.1) is 5.69 Å². The minimum atomic E-state index is 0.252. The van der Waals surface area contributed by atoms with E-state index >= 15 is 0 Å². The van der Waals surface area contributed by atoms with E-state index in [0.29, 0.717) is 0 Å². The maximum absolute atomic E-state index is 12.0. The zero-order chi connectivity index (χ0) is 9.97. The van der Waals surface area contributed by atoms with Gasteiger partial charge >= 0.3 is 0 Å². The predicted octanol–water partition coefficient (Wildman–Crippen LogP) is 2.47. The lowest BCUT2D eigenvalue weighted by Crippen LogP contribution is -2.11. The average molecular weight is 210 g/mol. The van der Waals surface area contributed by atoms with E-state index in [-0.39, 0.29) is 11.7 Å². The van der Waals surface area contributed by atoms with Crippen molar-refractivity contribution in [2.45, 2.75) is 39.0 Å². The second-order valence-corrected chi connectivity index (χ2v) is 4.50. The third kappa shape index (κ3) is 1.71. The Balaban J connectivity index is 2.17. The molecule has 1 aromatic rings. The molecule has 1 aliphatic rings. The second-order valence-electron chi connectivity index (χ2n) is 3.75. The Hall–Kier alpha value is -0.770. The number of hydrogen-bond acceptors (Lipinski definition) is 4. The summed E-state index contributed by atoms with van der Waals surface area (Å²) in [5, 5.41) is 3.97. The maximum Gasteiger partial charge on any atom is 0.179 e. The lowest BCUT2D eigenvalue weighted by Gasteiger charge is -2.05. The van der Waals surface area contributed by atoms with Crippen molar-refractivity contribution in [1.29, 1.82) is 0 Å². The zero-order valence-electron chi connectivity index (χ0n) is 8.32. The summed E-state index contributed by atoms with van der Waals surface area (Å²) in [5.41, 5.74) is 0.881. The van der Waals surface area contributed by atoms with Crippen LogP contribution in [0.2, 0.25) is 0 Å². The van der Waals surface area contributed by atoms with E-state index in [9.17, 15) is 4.79 Å². The van der Waals surface area contributed by atoms with Gasteiger partial charge in [-0.05, 0) is 30.8 Å². The van der Waals surface area contributed by atoms with Crippen molar-refractivity contribution in [3.63, 3.8) is 0 Å². The maximum atomic E-state index is 12.0. The van der Waals surface area contributed by atoms with Crippen LogP contribution >= 0.6 is 11.5 Å². The Labute approximate surface area is 87.7 Å². The van der Waals surface area contributed by atoms with Gasteiger partial charge in [0.1, 0.15) is 4.88 Å². The van der Waals surface area contributed by atoms with Crippen LogP contribution in [0, 0.1) is 5.92 Å². The average Bonchev–Trinajstić information content (AvgIpc) is 2.87. The Kier molecular flexibility index (Phi) is 2.91. The summed E-state index contributed by atoms with van der Waals surface area (Å²) in [6.45, 7) is 2.02. The summed E-state index contributed by atoms with van der Waals surface area (Å²) in [5.74, 6) is 0.539. The molecule has 0 bridgehead atoms. The predicted molar refractivity (Wildman–Crippen MR) is 55.6 cm³/mol. The van der Waals surface area contributed by atoms with Crippen LogP contribution < -0.4 is 0 Å². The van der Waals surface area contributed by atoms with Gasteiger partial charge in [-0.2, -0.15) is 0 Å². The van der Waals surface area contributed by atoms with E-state index in [2.05, 4.69) is 9.59 Å². The van der Waals surface area contributed by atoms with Gasteiger partial charge in [-0.1, -0.05) is 24.3 Å². The van der Waals surface area contributed by atoms with Gasteiger partial charge in [0.15, 0.2) is 5.78 Å². The number of carbonyl (C=O) groups is 1. The van der Waals surface area contributed by atoms with Crippen LogP contribution in [0.25, 0.3) is 0 Å². The van der Waals surface area contributed by atoms with Crippen molar-refractivity contribution < 1.29 is 4.79 Å². The number of hydrogen-bond donors (Lipinski definition) is 0. The Morgan fingerprint density at radius 1 is 1.50 bits per heavy atom. The molecule has 76 valence electrons. The molecule has 1 saturated carbocycles. The summed E-state index contributed by atoms with van der Waals surface area (Å²) >= 11 is 1.26. The zero-order valence-corrected chi connectivity index (χ0v) is 9.14. The van der Waals surface area contributed by atoms with E-state index in [4.69, 9.17) is 0 Å². The molecule has 0 aromatic carbocycles. The monoisotopic (exact) mass is 210 g/mol. The van der Waals surface area contributed by atoms with Crippen LogP contribution in [0.3, 0.4) is 0 Å². The molecule has 0 spiro atoms. The molecule has 1 fully saturated rings. The van der Waals surface area contributed by atoms with Crippen molar-refractivity contribution in [1.82, 2.24) is 9.59 Å². The van der Waals surface area contributed by atoms with Gasteiger partial charge < -0.3 is 0 Å². The largest absolute Gasteiger partial charge is 0.293 e. The van der Waals surface area contributed by atoms with Crippen LogP contribution in [0.5, 0.6) is 0 Å². The van der Waals surface area contributed by atoms with Crippen LogP contribution in [0.4, 0.5) is 0 Å². The van der Waals surface area contributed by atoms with Crippen molar-refractivity contribution in [2.75, 3.05) is 0 Å². The number of aromatic nitrogens is 2. The second kappa shape index (κ2) is 4.17. The fourth-order valence-electron chi connectivity index (χ4n) is 2.00. The highest BCUT2D eigenvalue weighted by Gasteiger charge is 2.27. The summed E-state index contributed by atoms with van der Waals surface area (Å²) < 4.78 is 3.86. The highest BCUT2D eigenvalue weighted by Crippen LogP contribution is 2.29. The normalized spacial score (nSPS) is 17.5. The van der Waals surface area contributed by atoms with Crippen molar-refractivity contribution >= 4 is 17.3 Å². The third-order valence-electron chi connectivity index (χ3n) is 2.84. The van der Waals surface area contributed by atoms with Crippen LogP contribution in [-0.4, -0.2) is 15.4 Å². The first kappa shape index (κ1) is 9.77. The van der Waals surface area contributed by atoms with Crippen molar-refractivity contribution in [2.24, 2.45) is 5.92 Å². The fraction of sp³-hybridized carbons (Fsp3) is 0.700. The topological polar surface area (TPSA) is 42.9 Å². The summed E-state index contributed by atoms with van der Waals surface area (Å²) in [6.07, 6.45) is 5.32. The summed E-state index contributed by atoms with van der Waals surface area (Å²) in [7, 11) is 0. The molecule has 1 aromatic heterocycles. The number of nitrogens with zero attached hydrogens (tertiary/aromatic N) is 2. The van der Waals surface area contributed by atoms with Crippen LogP contribution in [0.1, 0.15) is 48.0 Å². The minimum Gasteiger partial charge on any atom is -0.293 e. The molecule has 0 aliphatic heterocycles. The number of aryl methyl sites for hydroxylation is 1. The van der Waals surface area contributed by atoms with Crippen molar-refractivity contribution in [3.8, 4) is 0 Å². The molecule has 0 amide bonds. The molecule has 0 unspecified atom stereocenters. The first-order valence-corrected chi connectivity index (χ1v) is 5.95. The fourth-order valence-corrected chi connectivity index (χ4v) is 2.77. The van der Waals surface area contributed by atoms with Gasteiger partial charge in [0.25, 0.3) is 0 Å². The lowest BCUT2D eigenvalue weighted by atomic mass is 10.0. The molecule has 0 N–H and O–H groups in total. The minimum absolute atomic E-state index is 0.252. The Morgan fingerprint density at radius 3 is 2.86 bits per heavy atom. The quantitative estimate of drug-likeness (QED) is 0.720. The van der Waals surface area contributed by atoms with E-state index < -0.39 is 0 Å². The molecule has 14 heavy (non-hydrogen) atoms. The molecule has 0 radical (unpaired) electrons. The summed E-state index contributed by atoms with van der Waals surface area (Å²) in [4.78, 5) is 12.8. The molecule has 2 rings (SSSR count). The molecule has 1 heterocycles. The van der Waals surface area contributed by atoms with E-state index in [1.807, 2.05) is 6.92 Å². The molecule has 3 nitrogen and oxygen atoms in total. The first-order valence-electron chi connectivity index (χ1n) is 5.18. The third-order valence-corrected chi connectivity index (χ3v) is 3.62. The highest BCUT2D eigenvalue weighted by atomic mass is 32.1. The molecule has 0 saturated heterocycles. The van der Waals surface area contributed by atoms with Crippen LogP contribution in [0.15, 0.2) is 0 Å². The van der Waals surface area contributed by atoms with E-state index in [0.717, 1.165) is 29.8 Å². The SMILES string of the molecule is CCc1nnsc1C(=O)C1CCCC1. The molecule has 4 heteroatoms. The number of Topliss-reactive ketones (excluding diaryl/α,β-unsaturated/α-hetero) is 1. The van der Waals surface area contributed by atoms with Gasteiger partial charge in [0.2, 0.25) is 0 Å². The first-order chi connectivity index (χ1) is 6.83. The Bertz CT molecular complexity index is 329. The lowest BCUT2D eigenvalue weighted by molar-refractivity contribution is 0.0926. The van der Waals surface area contributed by atoms with Crippen molar-refractivity contribution in [3.05, 3.63) is 10.6 Å². The highest BCUT2D eigenvalue weighted by molar-refractivity contribution is 7.08. The molecule has 1 aliphatic carbocycles. The van der Waals surface area contributed by atoms with Gasteiger partial charge in [-0.3, -0.25) is 4.79 Å².